The summed E-state index contributed by atoms with van der Waals surface area (Å²) >= 11 is 0. The summed E-state index contributed by atoms with van der Waals surface area (Å²) in [6.45, 7) is 8.89. The van der Waals surface area contributed by atoms with Crippen LogP contribution in [0.15, 0.2) is 42.5 Å². The van der Waals surface area contributed by atoms with Gasteiger partial charge in [0.15, 0.2) is 0 Å². The average molecular weight is 511 g/mol. The van der Waals surface area contributed by atoms with Crippen molar-refractivity contribution in [2.75, 3.05) is 30.8 Å². The second kappa shape index (κ2) is 12.1. The Morgan fingerprint density at radius 3 is 2.35 bits per heavy atom. The van der Waals surface area contributed by atoms with Crippen molar-refractivity contribution < 1.29 is 24.2 Å². The summed E-state index contributed by atoms with van der Waals surface area (Å²) < 4.78 is 5.61. The summed E-state index contributed by atoms with van der Waals surface area (Å²) in [5.41, 5.74) is 2.40. The number of hydrogen-bond donors (Lipinski definition) is 4. The second-order valence-electron chi connectivity index (χ2n) is 9.95. The zero-order valence-electron chi connectivity index (χ0n) is 22.3. The molecule has 1 aliphatic heterocycles. The van der Waals surface area contributed by atoms with Crippen LogP contribution in [0.1, 0.15) is 51.2 Å². The van der Waals surface area contributed by atoms with E-state index in [0.29, 0.717) is 11.4 Å². The standard InChI is InChI=1S/C28H38N4O5/c1-18-8-6-7-9-23(18)29-27(36)30-24-11-10-22(17-25(24)37-5)28(4,31-20(3)33)21-12-14-32(15-13-21)19(2)16-26(34)35/h6-11,17,19,21H,12-16H2,1-5H3,(H,31,33)(H,34,35)(H2,29,30,36). The zero-order valence-corrected chi connectivity index (χ0v) is 22.3. The number of aryl methyl sites for hydroxylation is 1. The molecule has 2 aromatic rings. The van der Waals surface area contributed by atoms with Gasteiger partial charge in [0.2, 0.25) is 5.91 Å². The maximum absolute atomic E-state index is 12.7. The number of ether oxygens (including phenoxy) is 1. The molecule has 200 valence electrons. The number of aliphatic carboxylic acids is 1. The minimum atomic E-state index is -0.800. The van der Waals surface area contributed by atoms with E-state index in [1.807, 2.05) is 57.2 Å². The minimum Gasteiger partial charge on any atom is -0.495 e. The number of piperidine rings is 1. The number of urea groups is 1. The first-order valence-electron chi connectivity index (χ1n) is 12.6. The number of nitrogens with one attached hydrogen (secondary N) is 3. The summed E-state index contributed by atoms with van der Waals surface area (Å²) in [5, 5.41) is 18.0. The fourth-order valence-corrected chi connectivity index (χ4v) is 5.18. The van der Waals surface area contributed by atoms with Crippen LogP contribution in [-0.2, 0) is 15.1 Å². The number of amides is 3. The molecule has 2 unspecified atom stereocenters. The number of likely N-dealkylation sites (tertiary alicyclic amines) is 1. The summed E-state index contributed by atoms with van der Waals surface area (Å²) in [5.74, 6) is -0.312. The first kappa shape index (κ1) is 28.0. The molecule has 4 N–H and O–H groups in total. The molecule has 0 aromatic heterocycles. The number of benzene rings is 2. The van der Waals surface area contributed by atoms with Crippen molar-refractivity contribution in [3.8, 4) is 5.75 Å². The minimum absolute atomic E-state index is 0.0401. The third kappa shape index (κ3) is 7.01. The Morgan fingerprint density at radius 1 is 1.11 bits per heavy atom. The van der Waals surface area contributed by atoms with Crippen LogP contribution in [0.2, 0.25) is 0 Å². The lowest BCUT2D eigenvalue weighted by molar-refractivity contribution is -0.138. The quantitative estimate of drug-likeness (QED) is 0.392. The van der Waals surface area contributed by atoms with Crippen LogP contribution >= 0.6 is 0 Å². The Balaban J connectivity index is 1.79. The number of carbonyl (C=O) groups is 3. The average Bonchev–Trinajstić information content (AvgIpc) is 2.84. The van der Waals surface area contributed by atoms with Gasteiger partial charge < -0.3 is 30.7 Å². The molecule has 0 saturated carbocycles. The fraction of sp³-hybridized carbons (Fsp3) is 0.464. The highest BCUT2D eigenvalue weighted by Gasteiger charge is 2.39. The smallest absolute Gasteiger partial charge is 0.323 e. The van der Waals surface area contributed by atoms with E-state index in [0.717, 1.165) is 42.7 Å². The molecule has 3 amide bonds. The molecule has 0 spiro atoms. The number of methoxy groups -OCH3 is 1. The van der Waals surface area contributed by atoms with Crippen LogP contribution < -0.4 is 20.7 Å². The Hall–Kier alpha value is -3.59. The lowest BCUT2D eigenvalue weighted by Crippen LogP contribution is -2.52. The Kier molecular flexibility index (Phi) is 9.15. The van der Waals surface area contributed by atoms with Crippen molar-refractivity contribution >= 4 is 29.3 Å². The number of carbonyl (C=O) groups excluding carboxylic acids is 2. The lowest BCUT2D eigenvalue weighted by atomic mass is 9.74. The van der Waals surface area contributed by atoms with Gasteiger partial charge >= 0.3 is 12.0 Å². The number of anilines is 2. The van der Waals surface area contributed by atoms with Gasteiger partial charge in [-0.05, 0) is 81.9 Å². The Bertz CT molecular complexity index is 1130. The van der Waals surface area contributed by atoms with Gasteiger partial charge in [-0.2, -0.15) is 0 Å². The van der Waals surface area contributed by atoms with E-state index in [4.69, 9.17) is 9.84 Å². The van der Waals surface area contributed by atoms with E-state index in [1.54, 1.807) is 13.2 Å². The molecule has 37 heavy (non-hydrogen) atoms. The Morgan fingerprint density at radius 2 is 1.76 bits per heavy atom. The topological polar surface area (TPSA) is 120 Å². The summed E-state index contributed by atoms with van der Waals surface area (Å²) in [4.78, 5) is 38.2. The van der Waals surface area contributed by atoms with Gasteiger partial charge in [0, 0.05) is 18.7 Å². The van der Waals surface area contributed by atoms with E-state index in [-0.39, 0.29) is 30.3 Å². The van der Waals surface area contributed by atoms with Gasteiger partial charge in [-0.25, -0.2) is 4.79 Å². The molecule has 0 aliphatic carbocycles. The fourth-order valence-electron chi connectivity index (χ4n) is 5.18. The van der Waals surface area contributed by atoms with E-state index in [9.17, 15) is 14.4 Å². The van der Waals surface area contributed by atoms with Crippen molar-refractivity contribution in [1.82, 2.24) is 10.2 Å². The number of hydrogen-bond acceptors (Lipinski definition) is 5. The van der Waals surface area contributed by atoms with Crippen LogP contribution in [-0.4, -0.2) is 54.2 Å². The van der Waals surface area contributed by atoms with Crippen LogP contribution in [0.4, 0.5) is 16.2 Å². The monoisotopic (exact) mass is 510 g/mol. The predicted molar refractivity (Wildman–Crippen MR) is 144 cm³/mol. The zero-order chi connectivity index (χ0) is 27.2. The second-order valence-corrected chi connectivity index (χ2v) is 9.95. The maximum atomic E-state index is 12.7. The molecule has 2 atom stereocenters. The molecule has 1 saturated heterocycles. The molecule has 9 nitrogen and oxygen atoms in total. The summed E-state index contributed by atoms with van der Waals surface area (Å²) in [6, 6.07) is 12.7. The highest BCUT2D eigenvalue weighted by molar-refractivity contribution is 6.01. The molecule has 3 rings (SSSR count). The van der Waals surface area contributed by atoms with Gasteiger partial charge in [-0.3, -0.25) is 9.59 Å². The van der Waals surface area contributed by atoms with Gasteiger partial charge in [-0.1, -0.05) is 24.3 Å². The molecule has 0 bridgehead atoms. The van der Waals surface area contributed by atoms with E-state index < -0.39 is 11.5 Å². The van der Waals surface area contributed by atoms with Crippen LogP contribution in [0.3, 0.4) is 0 Å². The third-order valence-corrected chi connectivity index (χ3v) is 7.32. The number of rotatable bonds is 9. The van der Waals surface area contributed by atoms with Crippen molar-refractivity contribution in [3.05, 3.63) is 53.6 Å². The number of carboxylic acids is 1. The van der Waals surface area contributed by atoms with Gasteiger partial charge in [0.25, 0.3) is 0 Å². The number of nitrogens with zero attached hydrogens (tertiary/aromatic N) is 1. The van der Waals surface area contributed by atoms with Crippen LogP contribution in [0, 0.1) is 12.8 Å². The lowest BCUT2D eigenvalue weighted by Gasteiger charge is -2.44. The van der Waals surface area contributed by atoms with E-state index >= 15 is 0 Å². The van der Waals surface area contributed by atoms with Gasteiger partial charge in [0.1, 0.15) is 5.75 Å². The van der Waals surface area contributed by atoms with E-state index in [1.165, 1.54) is 6.92 Å². The van der Waals surface area contributed by atoms with Crippen LogP contribution in [0.25, 0.3) is 0 Å². The van der Waals surface area contributed by atoms with Crippen molar-refractivity contribution in [3.63, 3.8) is 0 Å². The summed E-state index contributed by atoms with van der Waals surface area (Å²) in [6.07, 6.45) is 1.72. The normalized spacial score (nSPS) is 16.8. The van der Waals surface area contributed by atoms with Crippen LogP contribution in [0.5, 0.6) is 5.75 Å². The molecular formula is C28H38N4O5. The first-order chi connectivity index (χ1) is 17.5. The highest BCUT2D eigenvalue weighted by atomic mass is 16.5. The highest BCUT2D eigenvalue weighted by Crippen LogP contribution is 2.40. The molecule has 1 aliphatic rings. The van der Waals surface area contributed by atoms with Crippen molar-refractivity contribution in [2.24, 2.45) is 5.92 Å². The first-order valence-corrected chi connectivity index (χ1v) is 12.6. The Labute approximate surface area is 218 Å². The molecule has 2 aromatic carbocycles. The molecule has 1 heterocycles. The SMILES string of the molecule is COc1cc(C(C)(NC(C)=O)C2CCN(C(C)CC(=O)O)CC2)ccc1NC(=O)Nc1ccccc1C. The third-order valence-electron chi connectivity index (χ3n) is 7.32. The number of para-hydroxylation sites is 1. The number of carboxylic acid groups (broad SMARTS) is 1. The molecule has 9 heteroatoms. The predicted octanol–water partition coefficient (Wildman–Crippen LogP) is 4.57. The largest absolute Gasteiger partial charge is 0.495 e. The van der Waals surface area contributed by atoms with E-state index in [2.05, 4.69) is 20.9 Å². The van der Waals surface area contributed by atoms with Crippen molar-refractivity contribution in [2.45, 2.75) is 58.5 Å². The summed E-state index contributed by atoms with van der Waals surface area (Å²) in [7, 11) is 1.54. The molecule has 1 fully saturated rings. The van der Waals surface area contributed by atoms with Crippen molar-refractivity contribution in [1.29, 1.82) is 0 Å². The molecule has 0 radical (unpaired) electrons. The van der Waals surface area contributed by atoms with Gasteiger partial charge in [-0.15, -0.1) is 0 Å². The van der Waals surface area contributed by atoms with Gasteiger partial charge in [0.05, 0.1) is 24.8 Å². The maximum Gasteiger partial charge on any atom is 0.323 e. The molecular weight excluding hydrogens is 472 g/mol.